The topological polar surface area (TPSA) is 21.3 Å². The first-order valence-corrected chi connectivity index (χ1v) is 8.94. The Labute approximate surface area is 129 Å². The number of nitrogens with one attached hydrogen (secondary N) is 1. The Morgan fingerprint density at radius 2 is 1.86 bits per heavy atom. The molecule has 2 nitrogen and oxygen atoms in total. The summed E-state index contributed by atoms with van der Waals surface area (Å²) in [5, 5.41) is 3.71. The van der Waals surface area contributed by atoms with E-state index in [4.69, 9.17) is 4.74 Å². The van der Waals surface area contributed by atoms with E-state index in [0.717, 1.165) is 12.5 Å². The maximum absolute atomic E-state index is 5.68. The molecule has 4 bridgehead atoms. The molecule has 0 spiro atoms. The first kappa shape index (κ1) is 14.1. The number of hydrogen-bond acceptors (Lipinski definition) is 2. The van der Waals surface area contributed by atoms with Crippen LogP contribution in [-0.2, 0) is 4.74 Å². The van der Waals surface area contributed by atoms with Crippen LogP contribution in [-0.4, -0.2) is 19.7 Å². The standard InChI is InChI=1S/C19H31NO/c1-17-7-14-8-18(2,11-17)13-19(9-14,12-17)16(20-3)15-5-4-6-21-10-15/h10,14,16,20H,4-9,11-13H2,1-3H3. The lowest BCUT2D eigenvalue weighted by molar-refractivity contribution is -0.153. The molecule has 2 heteroatoms. The van der Waals surface area contributed by atoms with Crippen molar-refractivity contribution in [3.8, 4) is 0 Å². The maximum atomic E-state index is 5.68. The Morgan fingerprint density at radius 1 is 1.14 bits per heavy atom. The molecule has 0 amide bonds. The van der Waals surface area contributed by atoms with Crippen molar-refractivity contribution in [1.29, 1.82) is 0 Å². The Balaban J connectivity index is 1.70. The third-order valence-corrected chi connectivity index (χ3v) is 6.90. The average Bonchev–Trinajstić information content (AvgIpc) is 2.36. The Kier molecular flexibility index (Phi) is 3.03. The molecular weight excluding hydrogens is 258 g/mol. The van der Waals surface area contributed by atoms with E-state index in [9.17, 15) is 0 Å². The Bertz CT molecular complexity index is 450. The van der Waals surface area contributed by atoms with Crippen molar-refractivity contribution in [1.82, 2.24) is 5.32 Å². The molecule has 1 heterocycles. The minimum atomic E-state index is 0.490. The van der Waals surface area contributed by atoms with Crippen LogP contribution in [0.5, 0.6) is 0 Å². The molecule has 21 heavy (non-hydrogen) atoms. The van der Waals surface area contributed by atoms with Crippen LogP contribution >= 0.6 is 0 Å². The molecule has 0 aromatic heterocycles. The van der Waals surface area contributed by atoms with Crippen molar-refractivity contribution in [2.45, 2.75) is 71.3 Å². The van der Waals surface area contributed by atoms with Crippen LogP contribution in [0.2, 0.25) is 0 Å². The predicted octanol–water partition coefficient (Wildman–Crippen LogP) is 4.27. The van der Waals surface area contributed by atoms with E-state index < -0.39 is 0 Å². The van der Waals surface area contributed by atoms with Crippen LogP contribution in [0.25, 0.3) is 0 Å². The van der Waals surface area contributed by atoms with Gasteiger partial charge in [-0.1, -0.05) is 13.8 Å². The number of hydrogen-bond donors (Lipinski definition) is 1. The molecule has 3 unspecified atom stereocenters. The quantitative estimate of drug-likeness (QED) is 0.838. The average molecular weight is 289 g/mol. The van der Waals surface area contributed by atoms with Gasteiger partial charge in [-0.2, -0.15) is 0 Å². The highest BCUT2D eigenvalue weighted by atomic mass is 16.5. The molecule has 118 valence electrons. The molecule has 4 saturated carbocycles. The van der Waals surface area contributed by atoms with Gasteiger partial charge in [0.15, 0.2) is 0 Å². The monoisotopic (exact) mass is 289 g/mol. The summed E-state index contributed by atoms with van der Waals surface area (Å²) in [6.07, 6.45) is 13.2. The summed E-state index contributed by atoms with van der Waals surface area (Å²) in [6.45, 7) is 6.05. The summed E-state index contributed by atoms with van der Waals surface area (Å²) < 4.78 is 5.68. The Hall–Kier alpha value is -0.500. The van der Waals surface area contributed by atoms with Gasteiger partial charge in [-0.15, -0.1) is 0 Å². The van der Waals surface area contributed by atoms with Gasteiger partial charge in [0.2, 0.25) is 0 Å². The van der Waals surface area contributed by atoms with Gasteiger partial charge >= 0.3 is 0 Å². The predicted molar refractivity (Wildman–Crippen MR) is 86.0 cm³/mol. The summed E-state index contributed by atoms with van der Waals surface area (Å²) in [4.78, 5) is 0. The van der Waals surface area contributed by atoms with Crippen molar-refractivity contribution in [3.63, 3.8) is 0 Å². The van der Waals surface area contributed by atoms with Crippen molar-refractivity contribution in [2.75, 3.05) is 13.7 Å². The number of likely N-dealkylation sites (N-methyl/N-ethyl adjacent to an activating group) is 1. The molecule has 5 aliphatic rings. The molecule has 4 fully saturated rings. The molecule has 0 radical (unpaired) electrons. The zero-order valence-electron chi connectivity index (χ0n) is 14.0. The smallest absolute Gasteiger partial charge is 0.0876 e. The van der Waals surface area contributed by atoms with Crippen LogP contribution in [0.15, 0.2) is 11.8 Å². The molecule has 0 saturated heterocycles. The van der Waals surface area contributed by atoms with Gasteiger partial charge in [-0.3, -0.25) is 0 Å². The van der Waals surface area contributed by atoms with Crippen molar-refractivity contribution < 1.29 is 4.74 Å². The first-order valence-electron chi connectivity index (χ1n) is 8.94. The second kappa shape index (κ2) is 4.50. The summed E-state index contributed by atoms with van der Waals surface area (Å²) in [5.41, 5.74) is 3.22. The van der Waals surface area contributed by atoms with E-state index >= 15 is 0 Å². The summed E-state index contributed by atoms with van der Waals surface area (Å²) in [5.74, 6) is 0.970. The maximum Gasteiger partial charge on any atom is 0.0876 e. The van der Waals surface area contributed by atoms with Gasteiger partial charge in [-0.25, -0.2) is 0 Å². The van der Waals surface area contributed by atoms with E-state index in [1.807, 2.05) is 0 Å². The minimum Gasteiger partial charge on any atom is -0.501 e. The fourth-order valence-corrected chi connectivity index (χ4v) is 7.54. The largest absolute Gasteiger partial charge is 0.501 e. The van der Waals surface area contributed by atoms with Crippen LogP contribution in [0, 0.1) is 22.2 Å². The van der Waals surface area contributed by atoms with Gasteiger partial charge in [0.25, 0.3) is 0 Å². The van der Waals surface area contributed by atoms with Crippen molar-refractivity contribution in [3.05, 3.63) is 11.8 Å². The Morgan fingerprint density at radius 3 is 2.38 bits per heavy atom. The second-order valence-corrected chi connectivity index (χ2v) is 9.38. The number of rotatable bonds is 3. The molecule has 5 rings (SSSR count). The molecule has 1 N–H and O–H groups in total. The normalized spacial score (nSPS) is 49.7. The highest BCUT2D eigenvalue weighted by Crippen LogP contribution is 2.70. The van der Waals surface area contributed by atoms with E-state index in [-0.39, 0.29) is 0 Å². The van der Waals surface area contributed by atoms with Gasteiger partial charge in [0.1, 0.15) is 0 Å². The molecule has 0 aromatic carbocycles. The van der Waals surface area contributed by atoms with Gasteiger partial charge in [0, 0.05) is 6.04 Å². The van der Waals surface area contributed by atoms with Gasteiger partial charge < -0.3 is 10.1 Å². The highest BCUT2D eigenvalue weighted by Gasteiger charge is 2.62. The van der Waals surface area contributed by atoms with Crippen molar-refractivity contribution >= 4 is 0 Å². The molecule has 3 atom stereocenters. The summed E-state index contributed by atoms with van der Waals surface area (Å²) >= 11 is 0. The van der Waals surface area contributed by atoms with Crippen LogP contribution in [0.4, 0.5) is 0 Å². The van der Waals surface area contributed by atoms with Crippen molar-refractivity contribution in [2.24, 2.45) is 22.2 Å². The molecule has 4 aliphatic carbocycles. The minimum absolute atomic E-state index is 0.490. The third kappa shape index (κ3) is 2.17. The van der Waals surface area contributed by atoms with E-state index in [0.29, 0.717) is 22.3 Å². The zero-order chi connectivity index (χ0) is 14.7. The van der Waals surface area contributed by atoms with E-state index in [1.54, 1.807) is 0 Å². The van der Waals surface area contributed by atoms with Gasteiger partial charge in [-0.05, 0) is 86.2 Å². The SMILES string of the molecule is CNC(C1=COCCC1)C12CC3CC(C)(CC(C)(C3)C1)C2. The first-order chi connectivity index (χ1) is 9.96. The fourth-order valence-electron chi connectivity index (χ4n) is 7.54. The third-order valence-electron chi connectivity index (χ3n) is 6.90. The van der Waals surface area contributed by atoms with Crippen LogP contribution in [0.3, 0.4) is 0 Å². The zero-order valence-corrected chi connectivity index (χ0v) is 14.0. The highest BCUT2D eigenvalue weighted by molar-refractivity contribution is 5.22. The molecule has 1 aliphatic heterocycles. The summed E-state index contributed by atoms with van der Waals surface area (Å²) in [6, 6.07) is 0.542. The van der Waals surface area contributed by atoms with Crippen LogP contribution in [0.1, 0.15) is 65.2 Å². The molecular formula is C19H31NO. The van der Waals surface area contributed by atoms with Crippen LogP contribution < -0.4 is 5.32 Å². The van der Waals surface area contributed by atoms with Gasteiger partial charge in [0.05, 0.1) is 12.9 Å². The van der Waals surface area contributed by atoms with E-state index in [1.165, 1.54) is 56.9 Å². The second-order valence-electron chi connectivity index (χ2n) is 9.38. The summed E-state index contributed by atoms with van der Waals surface area (Å²) in [7, 11) is 2.17. The number of ether oxygens (including phenoxy) is 1. The lowest BCUT2D eigenvalue weighted by atomic mass is 9.38. The lowest BCUT2D eigenvalue weighted by Gasteiger charge is -2.67. The lowest BCUT2D eigenvalue weighted by Crippen LogP contribution is -2.61. The molecule has 0 aromatic rings. The van der Waals surface area contributed by atoms with E-state index in [2.05, 4.69) is 32.5 Å². The fraction of sp³-hybridized carbons (Fsp3) is 0.895.